The molecule has 8 aromatic carbocycles. The van der Waals surface area contributed by atoms with Crippen LogP contribution in [0.15, 0.2) is 285 Å². The summed E-state index contributed by atoms with van der Waals surface area (Å²) < 4.78 is 24.2. The fraction of sp³-hybridized carbons (Fsp3) is 0.122. The number of rotatable bonds is 8. The van der Waals surface area contributed by atoms with Crippen LogP contribution in [-0.2, 0) is 27.4 Å². The van der Waals surface area contributed by atoms with Crippen molar-refractivity contribution < 1.29 is 32.3 Å². The van der Waals surface area contributed by atoms with E-state index in [2.05, 4.69) is 308 Å². The Bertz CT molecular complexity index is 4600. The average Bonchev–Trinajstić information content (AvgIpc) is 1.50. The number of hydrogen-bond acceptors (Lipinski definition) is 4. The zero-order valence-electron chi connectivity index (χ0n) is 51.4. The molecule has 1 spiro atoms. The molecule has 4 aromatic heterocycles. The van der Waals surface area contributed by atoms with Crippen LogP contribution in [-0.4, -0.2) is 17.6 Å². The molecule has 12 aromatic rings. The molecule has 0 amide bonds. The van der Waals surface area contributed by atoms with E-state index in [1.807, 2.05) is 0 Å². The third-order valence-corrected chi connectivity index (χ3v) is 83.3. The fourth-order valence-electron chi connectivity index (χ4n) is 21.0. The van der Waals surface area contributed by atoms with Crippen LogP contribution in [0.3, 0.4) is 0 Å². The van der Waals surface area contributed by atoms with Crippen LogP contribution in [0.25, 0.3) is 43.1 Å². The number of halogens is 2. The first-order chi connectivity index (χ1) is 44.3. The molecule has 9 heteroatoms. The Balaban J connectivity index is 1.37. The number of furan rings is 4. The van der Waals surface area contributed by atoms with E-state index in [0.717, 1.165) is 135 Å². The second kappa shape index (κ2) is 18.7. The summed E-state index contributed by atoms with van der Waals surface area (Å²) >= 11 is -9.95. The third-order valence-electron chi connectivity index (χ3n) is 23.0. The summed E-state index contributed by atoms with van der Waals surface area (Å²) in [5.41, 5.74) is 16.5. The van der Waals surface area contributed by atoms with Crippen molar-refractivity contribution in [2.24, 2.45) is 0 Å². The number of fused-ring (bicyclic) bond motifs is 20. The molecule has 18 rings (SSSR count). The van der Waals surface area contributed by atoms with Crippen molar-refractivity contribution >= 4 is 77.8 Å². The van der Waals surface area contributed by atoms with Gasteiger partial charge in [-0.05, 0) is 0 Å². The number of hydrogen-bond donors (Lipinski definition) is 0. The van der Waals surface area contributed by atoms with Crippen molar-refractivity contribution in [3.63, 3.8) is 0 Å². The molecule has 0 fully saturated rings. The van der Waals surface area contributed by atoms with Crippen LogP contribution >= 0.6 is 17.2 Å². The van der Waals surface area contributed by atoms with E-state index in [-0.39, 0.29) is 0 Å². The van der Waals surface area contributed by atoms with Crippen LogP contribution in [0.2, 0.25) is 13.1 Å². The van der Waals surface area contributed by atoms with Crippen LogP contribution < -0.4 is 0 Å². The minimum absolute atomic E-state index is 0.737. The van der Waals surface area contributed by atoms with Gasteiger partial charge in [-0.15, -0.1) is 0 Å². The van der Waals surface area contributed by atoms with Crippen LogP contribution in [0.1, 0.15) is 113 Å². The molecular formula is C82H64Cl2HfO4Si2. The van der Waals surface area contributed by atoms with Crippen molar-refractivity contribution in [1.82, 2.24) is 0 Å². The number of benzene rings is 8. The van der Waals surface area contributed by atoms with Gasteiger partial charge >= 0.3 is 543 Å². The summed E-state index contributed by atoms with van der Waals surface area (Å²) in [7, 11) is 20.0. The summed E-state index contributed by atoms with van der Waals surface area (Å²) in [6.07, 6.45) is 0. The van der Waals surface area contributed by atoms with Crippen molar-refractivity contribution in [3.05, 3.63) is 380 Å². The number of aryl methyl sites for hydroxylation is 4. The molecule has 0 N–H and O–H groups in total. The van der Waals surface area contributed by atoms with Gasteiger partial charge in [0.15, 0.2) is 0 Å². The molecule has 4 atom stereocenters. The van der Waals surface area contributed by atoms with Gasteiger partial charge in [-0.1, -0.05) is 0 Å². The Morgan fingerprint density at radius 3 is 0.659 bits per heavy atom. The van der Waals surface area contributed by atoms with Gasteiger partial charge < -0.3 is 0 Å². The summed E-state index contributed by atoms with van der Waals surface area (Å²) in [6, 6.07) is 100. The first kappa shape index (κ1) is 55.6. The van der Waals surface area contributed by atoms with Gasteiger partial charge in [0.05, 0.1) is 0 Å². The van der Waals surface area contributed by atoms with E-state index in [4.69, 9.17) is 17.7 Å². The summed E-state index contributed by atoms with van der Waals surface area (Å²) in [6.45, 7) is 13.4. The maximum atomic E-state index is 12.7. The van der Waals surface area contributed by atoms with Crippen molar-refractivity contribution in [3.8, 4) is 0 Å². The molecule has 0 radical (unpaired) electrons. The zero-order valence-corrected chi connectivity index (χ0v) is 58.9. The van der Waals surface area contributed by atoms with Gasteiger partial charge in [0, 0.05) is 0 Å². The second-order valence-electron chi connectivity index (χ2n) is 26.5. The molecule has 4 aliphatic carbocycles. The Morgan fingerprint density at radius 1 is 0.264 bits per heavy atom. The van der Waals surface area contributed by atoms with Gasteiger partial charge in [0.25, 0.3) is 0 Å². The maximum absolute atomic E-state index is 12.7. The van der Waals surface area contributed by atoms with Crippen LogP contribution in [0.5, 0.6) is 0 Å². The standard InChI is InChI=1S/2C41H32O2Si.2ClH.Hf/c2*1-26-22-24-34(42-26)38-36(28-14-6-4-7-15-28)30-18-10-12-20-32(30)40(38)44(3)41-33-21-13-11-19-31(33)37(29-16-8-5-9-17-29)39(41)35-25-23-27(2)43-35;;;/h2*4-25,44H,1-3H3;2*1H;/q;;;;+2/p-2. The van der Waals surface area contributed by atoms with E-state index >= 15 is 0 Å². The first-order valence-corrected chi connectivity index (χ1v) is 52.6. The van der Waals surface area contributed by atoms with Gasteiger partial charge in [0.1, 0.15) is 0 Å². The molecule has 6 aliphatic rings. The molecule has 4 unspecified atom stereocenters. The van der Waals surface area contributed by atoms with Crippen LogP contribution in [0, 0.1) is 27.7 Å². The second-order valence-corrected chi connectivity index (χ2v) is 70.8. The molecular weight excluding hydrogens is 1350 g/mol. The normalized spacial score (nSPS) is 25.6. The predicted octanol–water partition coefficient (Wildman–Crippen LogP) is 20.5. The summed E-state index contributed by atoms with van der Waals surface area (Å²) in [4.78, 5) is 0. The van der Waals surface area contributed by atoms with Crippen molar-refractivity contribution in [2.75, 3.05) is 0 Å². The average molecular weight is 1420 g/mol. The monoisotopic (exact) mass is 1420 g/mol. The summed E-state index contributed by atoms with van der Waals surface area (Å²) in [5, 5.41) is 4.92. The van der Waals surface area contributed by atoms with Gasteiger partial charge in [-0.2, -0.15) is 0 Å². The molecule has 0 saturated heterocycles. The number of allylic oxidation sites excluding steroid dienone is 4. The van der Waals surface area contributed by atoms with E-state index in [1.165, 1.54) is 20.8 Å². The molecule has 91 heavy (non-hydrogen) atoms. The van der Waals surface area contributed by atoms with Gasteiger partial charge in [-0.3, -0.25) is 0 Å². The molecule has 6 heterocycles. The quantitative estimate of drug-likeness (QED) is 0.142. The van der Waals surface area contributed by atoms with Crippen molar-refractivity contribution in [1.29, 1.82) is 0 Å². The molecule has 0 saturated carbocycles. The molecule has 8 bridgehead atoms. The summed E-state index contributed by atoms with van der Waals surface area (Å²) in [5.74, 6) is 6.08. The Morgan fingerprint density at radius 2 is 0.462 bits per heavy atom. The van der Waals surface area contributed by atoms with Gasteiger partial charge in [0.2, 0.25) is 0 Å². The fourth-order valence-corrected chi connectivity index (χ4v) is 97.2. The van der Waals surface area contributed by atoms with Gasteiger partial charge in [-0.25, -0.2) is 0 Å². The molecule has 442 valence electrons. The Labute approximate surface area is 538 Å². The van der Waals surface area contributed by atoms with E-state index in [9.17, 15) is 17.2 Å². The minimum atomic E-state index is -9.95. The zero-order chi connectivity index (χ0) is 61.7. The third kappa shape index (κ3) is 5.78. The Hall–Kier alpha value is -8.28. The van der Waals surface area contributed by atoms with E-state index in [0.29, 0.717) is 0 Å². The van der Waals surface area contributed by atoms with Crippen LogP contribution in [0.4, 0.5) is 0 Å². The van der Waals surface area contributed by atoms with E-state index in [1.54, 1.807) is 0 Å². The predicted molar refractivity (Wildman–Crippen MR) is 373 cm³/mol. The topological polar surface area (TPSA) is 52.6 Å². The first-order valence-electron chi connectivity index (χ1n) is 31.9. The molecule has 2 aliphatic heterocycles. The SMILES string of the molecule is Cc1ccc(C2=C3c4ccccc4[C]2(c2ccccc2)[Hf]2([Cl])([Cl])([C]4(c5ccccc5)C(c5ccc(C)o5)=C(c5ccccc54)[SiH]3C)[C]3(c4ccccc4)C(c4ccc(C)o4)=C(c4ccccc43)[SiH](C)C3=C(c4ccc(C)o4)[C]2(c2ccccc2)c2ccccc23)o1. The van der Waals surface area contributed by atoms with E-state index < -0.39 is 44.9 Å². The Kier molecular flexibility index (Phi) is 11.4. The van der Waals surface area contributed by atoms with Crippen molar-refractivity contribution in [2.45, 2.75) is 53.5 Å². The molecule has 4 nitrogen and oxygen atoms in total.